The van der Waals surface area contributed by atoms with E-state index in [1.165, 1.54) is 5.39 Å². The maximum Gasteiger partial charge on any atom is 0.234 e. The van der Waals surface area contributed by atoms with Crippen LogP contribution >= 0.6 is 0 Å². The zero-order valence-electron chi connectivity index (χ0n) is 16.1. The van der Waals surface area contributed by atoms with Gasteiger partial charge in [0.2, 0.25) is 11.8 Å². The van der Waals surface area contributed by atoms with E-state index in [0.717, 1.165) is 10.9 Å². The molecule has 2 amide bonds. The molecule has 0 spiro atoms. The summed E-state index contributed by atoms with van der Waals surface area (Å²) in [6.07, 6.45) is 0. The molecule has 0 bridgehead atoms. The molecule has 0 saturated heterocycles. The lowest BCUT2D eigenvalue weighted by Gasteiger charge is -2.22. The number of hydrogen-bond donors (Lipinski definition) is 2. The van der Waals surface area contributed by atoms with Gasteiger partial charge in [0.15, 0.2) is 0 Å². The van der Waals surface area contributed by atoms with E-state index in [-0.39, 0.29) is 37.0 Å². The Morgan fingerprint density at radius 2 is 1.54 bits per heavy atom. The number of fused-ring (bicyclic) bond motifs is 1. The molecule has 26 heavy (non-hydrogen) atoms. The van der Waals surface area contributed by atoms with Crippen molar-refractivity contribution in [3.8, 4) is 0 Å². The maximum absolute atomic E-state index is 12.4. The van der Waals surface area contributed by atoms with Crippen molar-refractivity contribution in [2.75, 3.05) is 19.6 Å². The average Bonchev–Trinajstić information content (AvgIpc) is 2.59. The van der Waals surface area contributed by atoms with Crippen LogP contribution in [0.3, 0.4) is 0 Å². The van der Waals surface area contributed by atoms with Crippen molar-refractivity contribution in [2.45, 2.75) is 39.8 Å². The highest BCUT2D eigenvalue weighted by Crippen LogP contribution is 2.20. The first kappa shape index (κ1) is 19.9. The number of amides is 2. The van der Waals surface area contributed by atoms with Crippen molar-refractivity contribution < 1.29 is 9.59 Å². The van der Waals surface area contributed by atoms with Crippen LogP contribution in [0.15, 0.2) is 42.5 Å². The van der Waals surface area contributed by atoms with Crippen LogP contribution in [-0.2, 0) is 9.59 Å². The summed E-state index contributed by atoms with van der Waals surface area (Å²) < 4.78 is 0. The quantitative estimate of drug-likeness (QED) is 0.765. The standard InChI is InChI=1S/C21H29N3O2/c1-5-24(13-20(25)22-15(2)3)14-21(26)23-16(4)18-11-10-17-8-6-7-9-19(17)12-18/h6-12,15-16H,5,13-14H2,1-4H3,(H,22,25)(H,23,26)/t16-/m0/s1. The van der Waals surface area contributed by atoms with Crippen LogP contribution in [0.5, 0.6) is 0 Å². The van der Waals surface area contributed by atoms with Gasteiger partial charge in [-0.05, 0) is 49.7 Å². The van der Waals surface area contributed by atoms with Crippen molar-refractivity contribution in [3.63, 3.8) is 0 Å². The number of nitrogens with one attached hydrogen (secondary N) is 2. The summed E-state index contributed by atoms with van der Waals surface area (Å²) in [6, 6.07) is 14.4. The van der Waals surface area contributed by atoms with Crippen LogP contribution in [0.4, 0.5) is 0 Å². The Labute approximate surface area is 155 Å². The fourth-order valence-electron chi connectivity index (χ4n) is 2.90. The lowest BCUT2D eigenvalue weighted by Crippen LogP contribution is -2.44. The Balaban J connectivity index is 1.93. The smallest absolute Gasteiger partial charge is 0.234 e. The van der Waals surface area contributed by atoms with Gasteiger partial charge in [0.25, 0.3) is 0 Å². The minimum atomic E-state index is -0.0877. The van der Waals surface area contributed by atoms with E-state index in [1.54, 1.807) is 0 Å². The SMILES string of the molecule is CCN(CC(=O)NC(C)C)CC(=O)N[C@@H](C)c1ccc2ccccc2c1. The second-order valence-corrected chi connectivity index (χ2v) is 6.92. The number of likely N-dealkylation sites (N-methyl/N-ethyl adjacent to an activating group) is 1. The first-order valence-corrected chi connectivity index (χ1v) is 9.18. The second kappa shape index (κ2) is 9.34. The molecule has 2 N–H and O–H groups in total. The number of hydrogen-bond acceptors (Lipinski definition) is 3. The third-order valence-corrected chi connectivity index (χ3v) is 4.28. The molecule has 140 valence electrons. The van der Waals surface area contributed by atoms with Gasteiger partial charge < -0.3 is 10.6 Å². The molecule has 0 fully saturated rings. The van der Waals surface area contributed by atoms with Gasteiger partial charge in [-0.1, -0.05) is 43.3 Å². The van der Waals surface area contributed by atoms with Gasteiger partial charge >= 0.3 is 0 Å². The summed E-state index contributed by atoms with van der Waals surface area (Å²) in [6.45, 7) is 8.85. The van der Waals surface area contributed by atoms with Gasteiger partial charge in [0.05, 0.1) is 19.1 Å². The molecule has 0 radical (unpaired) electrons. The van der Waals surface area contributed by atoms with Crippen molar-refractivity contribution in [1.29, 1.82) is 0 Å². The number of rotatable bonds is 8. The summed E-state index contributed by atoms with van der Waals surface area (Å²) >= 11 is 0. The Morgan fingerprint density at radius 1 is 0.923 bits per heavy atom. The summed E-state index contributed by atoms with van der Waals surface area (Å²) in [5, 5.41) is 8.22. The van der Waals surface area contributed by atoms with E-state index < -0.39 is 0 Å². The zero-order valence-corrected chi connectivity index (χ0v) is 16.1. The minimum Gasteiger partial charge on any atom is -0.353 e. The van der Waals surface area contributed by atoms with E-state index in [9.17, 15) is 9.59 Å². The molecule has 0 aliphatic carbocycles. The lowest BCUT2D eigenvalue weighted by atomic mass is 10.0. The monoisotopic (exact) mass is 355 g/mol. The third kappa shape index (κ3) is 5.85. The highest BCUT2D eigenvalue weighted by Gasteiger charge is 2.16. The molecule has 0 saturated carbocycles. The summed E-state index contributed by atoms with van der Waals surface area (Å²) in [4.78, 5) is 26.1. The molecule has 2 rings (SSSR count). The molecule has 5 nitrogen and oxygen atoms in total. The topological polar surface area (TPSA) is 61.4 Å². The van der Waals surface area contributed by atoms with Crippen LogP contribution < -0.4 is 10.6 Å². The molecule has 0 aromatic heterocycles. The molecule has 1 atom stereocenters. The van der Waals surface area contributed by atoms with Crippen molar-refractivity contribution >= 4 is 22.6 Å². The van der Waals surface area contributed by atoms with Crippen LogP contribution in [0.25, 0.3) is 10.8 Å². The Morgan fingerprint density at radius 3 is 2.15 bits per heavy atom. The number of carbonyl (C=O) groups excluding carboxylic acids is 2. The Hall–Kier alpha value is -2.40. The van der Waals surface area contributed by atoms with Gasteiger partial charge in [0.1, 0.15) is 0 Å². The molecule has 0 unspecified atom stereocenters. The second-order valence-electron chi connectivity index (χ2n) is 6.92. The molecule has 0 heterocycles. The Kier molecular flexibility index (Phi) is 7.16. The van der Waals surface area contributed by atoms with Crippen molar-refractivity contribution in [2.24, 2.45) is 0 Å². The molecule has 2 aromatic rings. The minimum absolute atomic E-state index is 0.0581. The lowest BCUT2D eigenvalue weighted by molar-refractivity contribution is -0.125. The van der Waals surface area contributed by atoms with Gasteiger partial charge in [-0.2, -0.15) is 0 Å². The van der Waals surface area contributed by atoms with E-state index in [4.69, 9.17) is 0 Å². The fraction of sp³-hybridized carbons (Fsp3) is 0.429. The molecular weight excluding hydrogens is 326 g/mol. The Bertz CT molecular complexity index is 758. The normalized spacial score (nSPS) is 12.4. The van der Waals surface area contributed by atoms with Gasteiger partial charge in [-0.15, -0.1) is 0 Å². The average molecular weight is 355 g/mol. The van der Waals surface area contributed by atoms with Crippen LogP contribution in [0.2, 0.25) is 0 Å². The molecule has 5 heteroatoms. The van der Waals surface area contributed by atoms with Gasteiger partial charge in [-0.25, -0.2) is 0 Å². The largest absolute Gasteiger partial charge is 0.353 e. The van der Waals surface area contributed by atoms with Crippen molar-refractivity contribution in [3.05, 3.63) is 48.0 Å². The summed E-state index contributed by atoms with van der Waals surface area (Å²) in [5.74, 6) is -0.137. The highest BCUT2D eigenvalue weighted by atomic mass is 16.2. The number of carbonyl (C=O) groups is 2. The maximum atomic E-state index is 12.4. The number of nitrogens with zero attached hydrogens (tertiary/aromatic N) is 1. The van der Waals surface area contributed by atoms with Crippen LogP contribution in [-0.4, -0.2) is 42.4 Å². The van der Waals surface area contributed by atoms with Gasteiger partial charge in [0, 0.05) is 6.04 Å². The van der Waals surface area contributed by atoms with E-state index in [0.29, 0.717) is 6.54 Å². The predicted octanol–water partition coefficient (Wildman–Crippen LogP) is 2.86. The third-order valence-electron chi connectivity index (χ3n) is 4.28. The van der Waals surface area contributed by atoms with E-state index in [2.05, 4.69) is 34.9 Å². The van der Waals surface area contributed by atoms with E-state index in [1.807, 2.05) is 50.8 Å². The fourth-order valence-corrected chi connectivity index (χ4v) is 2.90. The first-order valence-electron chi connectivity index (χ1n) is 9.18. The first-order chi connectivity index (χ1) is 12.4. The van der Waals surface area contributed by atoms with Crippen LogP contribution in [0, 0.1) is 0 Å². The molecular formula is C21H29N3O2. The predicted molar refractivity (Wildman–Crippen MR) is 106 cm³/mol. The molecule has 0 aliphatic heterocycles. The van der Waals surface area contributed by atoms with Crippen molar-refractivity contribution in [1.82, 2.24) is 15.5 Å². The summed E-state index contributed by atoms with van der Waals surface area (Å²) in [5.41, 5.74) is 1.07. The molecule has 0 aliphatic rings. The number of benzene rings is 2. The zero-order chi connectivity index (χ0) is 19.1. The molecule has 2 aromatic carbocycles. The van der Waals surface area contributed by atoms with Gasteiger partial charge in [-0.3, -0.25) is 14.5 Å². The van der Waals surface area contributed by atoms with E-state index >= 15 is 0 Å². The summed E-state index contributed by atoms with van der Waals surface area (Å²) in [7, 11) is 0. The highest BCUT2D eigenvalue weighted by molar-refractivity contribution is 5.84. The van der Waals surface area contributed by atoms with Crippen LogP contribution in [0.1, 0.15) is 39.3 Å².